The first kappa shape index (κ1) is 16.9. The second-order valence-electron chi connectivity index (χ2n) is 7.31. The molecule has 1 aliphatic carbocycles. The van der Waals surface area contributed by atoms with Crippen LogP contribution in [0.25, 0.3) is 0 Å². The Morgan fingerprint density at radius 2 is 1.83 bits per heavy atom. The molecule has 6 nitrogen and oxygen atoms in total. The van der Waals surface area contributed by atoms with Crippen molar-refractivity contribution in [2.24, 2.45) is 5.92 Å². The fourth-order valence-corrected chi connectivity index (χ4v) is 3.67. The van der Waals surface area contributed by atoms with Crippen molar-refractivity contribution in [3.05, 3.63) is 11.6 Å². The molecule has 0 atom stereocenters. The molecule has 2 heterocycles. The molecule has 1 saturated carbocycles. The maximum atomic E-state index is 12.8. The zero-order chi connectivity index (χ0) is 17.1. The molecule has 132 valence electrons. The van der Waals surface area contributed by atoms with Crippen LogP contribution in [0.2, 0.25) is 0 Å². The highest BCUT2D eigenvalue weighted by molar-refractivity contribution is 6.00. The Balaban J connectivity index is 1.82. The van der Waals surface area contributed by atoms with Gasteiger partial charge in [0, 0.05) is 19.1 Å². The van der Waals surface area contributed by atoms with Crippen molar-refractivity contribution in [3.63, 3.8) is 0 Å². The standard InChI is InChI=1S/C18H29N5O/c1-12-7-9-23(10-8-12)17-14(11-15(19)16(20)22-17)18(24)21-13-5-3-2-4-6-13/h11-13H,2-10,19H2,1H3,(H2,20,22)(H,21,24). The lowest BCUT2D eigenvalue weighted by Gasteiger charge is -2.33. The molecule has 3 rings (SSSR count). The number of hydrogen-bond donors (Lipinski definition) is 3. The van der Waals surface area contributed by atoms with Crippen LogP contribution in [0.1, 0.15) is 62.2 Å². The van der Waals surface area contributed by atoms with E-state index in [-0.39, 0.29) is 11.9 Å². The number of aromatic nitrogens is 1. The van der Waals surface area contributed by atoms with Gasteiger partial charge in [0.25, 0.3) is 5.91 Å². The summed E-state index contributed by atoms with van der Waals surface area (Å²) < 4.78 is 0. The fourth-order valence-electron chi connectivity index (χ4n) is 3.67. The molecule has 6 heteroatoms. The van der Waals surface area contributed by atoms with Gasteiger partial charge in [-0.1, -0.05) is 26.2 Å². The third kappa shape index (κ3) is 3.74. The maximum Gasteiger partial charge on any atom is 0.255 e. The first-order chi connectivity index (χ1) is 11.5. The van der Waals surface area contributed by atoms with Gasteiger partial charge in [-0.3, -0.25) is 4.79 Å². The molecule has 1 aliphatic heterocycles. The molecular formula is C18H29N5O. The number of rotatable bonds is 3. The van der Waals surface area contributed by atoms with E-state index in [1.54, 1.807) is 6.07 Å². The molecule has 5 N–H and O–H groups in total. The number of carbonyl (C=O) groups excluding carboxylic acids is 1. The number of pyridine rings is 1. The molecule has 0 bridgehead atoms. The molecule has 1 aromatic heterocycles. The first-order valence-corrected chi connectivity index (χ1v) is 9.16. The van der Waals surface area contributed by atoms with Crippen LogP contribution in [-0.2, 0) is 0 Å². The van der Waals surface area contributed by atoms with E-state index in [9.17, 15) is 4.79 Å². The summed E-state index contributed by atoms with van der Waals surface area (Å²) in [6.07, 6.45) is 7.96. The van der Waals surface area contributed by atoms with Gasteiger partial charge in [0.1, 0.15) is 11.6 Å². The average Bonchev–Trinajstić information content (AvgIpc) is 2.58. The summed E-state index contributed by atoms with van der Waals surface area (Å²) in [4.78, 5) is 19.5. The molecule has 24 heavy (non-hydrogen) atoms. The monoisotopic (exact) mass is 331 g/mol. The van der Waals surface area contributed by atoms with Gasteiger partial charge in [0.15, 0.2) is 0 Å². The molecule has 2 fully saturated rings. The Morgan fingerprint density at radius 3 is 2.50 bits per heavy atom. The van der Waals surface area contributed by atoms with Crippen LogP contribution in [0, 0.1) is 5.92 Å². The van der Waals surface area contributed by atoms with E-state index in [0.29, 0.717) is 28.8 Å². The van der Waals surface area contributed by atoms with Crippen LogP contribution < -0.4 is 21.7 Å². The molecule has 0 radical (unpaired) electrons. The molecule has 0 aromatic carbocycles. The summed E-state index contributed by atoms with van der Waals surface area (Å²) in [5, 5.41) is 3.17. The number of nitrogens with one attached hydrogen (secondary N) is 1. The van der Waals surface area contributed by atoms with Crippen molar-refractivity contribution < 1.29 is 4.79 Å². The molecule has 1 amide bonds. The van der Waals surface area contributed by atoms with Crippen molar-refractivity contribution in [1.29, 1.82) is 0 Å². The minimum Gasteiger partial charge on any atom is -0.396 e. The summed E-state index contributed by atoms with van der Waals surface area (Å²) in [6, 6.07) is 1.95. The van der Waals surface area contributed by atoms with Crippen LogP contribution in [-0.4, -0.2) is 30.0 Å². The van der Waals surface area contributed by atoms with E-state index in [4.69, 9.17) is 11.5 Å². The van der Waals surface area contributed by atoms with Crippen LogP contribution in [0.5, 0.6) is 0 Å². The van der Waals surface area contributed by atoms with E-state index >= 15 is 0 Å². The van der Waals surface area contributed by atoms with Gasteiger partial charge in [0.05, 0.1) is 11.3 Å². The third-order valence-electron chi connectivity index (χ3n) is 5.33. The lowest BCUT2D eigenvalue weighted by Crippen LogP contribution is -2.39. The largest absolute Gasteiger partial charge is 0.396 e. The Kier molecular flexibility index (Phi) is 5.11. The highest BCUT2D eigenvalue weighted by Crippen LogP contribution is 2.29. The number of nitrogens with two attached hydrogens (primary N) is 2. The predicted octanol–water partition coefficient (Wildman–Crippen LogP) is 2.54. The van der Waals surface area contributed by atoms with Crippen LogP contribution in [0.15, 0.2) is 6.07 Å². The fraction of sp³-hybridized carbons (Fsp3) is 0.667. The highest BCUT2D eigenvalue weighted by atomic mass is 16.1. The predicted molar refractivity (Wildman–Crippen MR) is 98.0 cm³/mol. The number of nitrogens with zero attached hydrogens (tertiary/aromatic N) is 2. The summed E-state index contributed by atoms with van der Waals surface area (Å²) in [7, 11) is 0. The molecule has 1 aromatic rings. The van der Waals surface area contributed by atoms with E-state index in [1.807, 2.05) is 0 Å². The topological polar surface area (TPSA) is 97.3 Å². The van der Waals surface area contributed by atoms with Crippen molar-refractivity contribution >= 4 is 23.2 Å². The van der Waals surface area contributed by atoms with Crippen molar-refractivity contribution in [3.8, 4) is 0 Å². The van der Waals surface area contributed by atoms with Crippen LogP contribution >= 0.6 is 0 Å². The van der Waals surface area contributed by atoms with Crippen molar-refractivity contribution in [2.75, 3.05) is 29.5 Å². The Morgan fingerprint density at radius 1 is 1.17 bits per heavy atom. The lowest BCUT2D eigenvalue weighted by molar-refractivity contribution is 0.0928. The van der Waals surface area contributed by atoms with Gasteiger partial charge in [-0.2, -0.15) is 0 Å². The van der Waals surface area contributed by atoms with Gasteiger partial charge >= 0.3 is 0 Å². The lowest BCUT2D eigenvalue weighted by atomic mass is 9.95. The smallest absolute Gasteiger partial charge is 0.255 e. The number of hydrogen-bond acceptors (Lipinski definition) is 5. The van der Waals surface area contributed by atoms with Gasteiger partial charge < -0.3 is 21.7 Å². The number of carbonyl (C=O) groups is 1. The highest BCUT2D eigenvalue weighted by Gasteiger charge is 2.25. The Labute approximate surface area is 144 Å². The van der Waals surface area contributed by atoms with Gasteiger partial charge in [-0.25, -0.2) is 4.98 Å². The zero-order valence-corrected chi connectivity index (χ0v) is 14.6. The van der Waals surface area contributed by atoms with Crippen LogP contribution in [0.4, 0.5) is 17.3 Å². The molecule has 1 saturated heterocycles. The Hall–Kier alpha value is -1.98. The van der Waals surface area contributed by atoms with E-state index in [1.165, 1.54) is 19.3 Å². The second kappa shape index (κ2) is 7.28. The zero-order valence-electron chi connectivity index (χ0n) is 14.6. The van der Waals surface area contributed by atoms with Gasteiger partial charge in [-0.15, -0.1) is 0 Å². The van der Waals surface area contributed by atoms with Crippen molar-refractivity contribution in [2.45, 2.75) is 57.9 Å². The van der Waals surface area contributed by atoms with Crippen molar-refractivity contribution in [1.82, 2.24) is 10.3 Å². The summed E-state index contributed by atoms with van der Waals surface area (Å²) >= 11 is 0. The number of anilines is 3. The minimum atomic E-state index is -0.0743. The summed E-state index contributed by atoms with van der Waals surface area (Å²) in [6.45, 7) is 4.07. The van der Waals surface area contributed by atoms with Crippen LogP contribution in [0.3, 0.4) is 0 Å². The van der Waals surface area contributed by atoms with E-state index in [0.717, 1.165) is 38.8 Å². The third-order valence-corrected chi connectivity index (χ3v) is 5.33. The van der Waals surface area contributed by atoms with Gasteiger partial charge in [-0.05, 0) is 37.7 Å². The maximum absolute atomic E-state index is 12.8. The summed E-state index contributed by atoms with van der Waals surface area (Å²) in [5.74, 6) is 1.63. The van der Waals surface area contributed by atoms with E-state index < -0.39 is 0 Å². The average molecular weight is 331 g/mol. The quantitative estimate of drug-likeness (QED) is 0.791. The van der Waals surface area contributed by atoms with Gasteiger partial charge in [0.2, 0.25) is 0 Å². The van der Waals surface area contributed by atoms with E-state index in [2.05, 4.69) is 22.1 Å². The second-order valence-corrected chi connectivity index (χ2v) is 7.31. The molecular weight excluding hydrogens is 302 g/mol. The SMILES string of the molecule is CC1CCN(c2nc(N)c(N)cc2C(=O)NC2CCCCC2)CC1. The summed E-state index contributed by atoms with van der Waals surface area (Å²) in [5.41, 5.74) is 12.8. The normalized spacial score (nSPS) is 20.1. The molecule has 0 spiro atoms. The Bertz CT molecular complexity index is 589. The molecule has 0 unspecified atom stereocenters. The molecule has 2 aliphatic rings. The number of piperidine rings is 1. The number of amides is 1. The first-order valence-electron chi connectivity index (χ1n) is 9.16. The number of nitrogen functional groups attached to an aromatic ring is 2. The minimum absolute atomic E-state index is 0.0743.